The molecule has 0 saturated heterocycles. The molecule has 0 amide bonds. The van der Waals surface area contributed by atoms with Crippen molar-refractivity contribution in [1.29, 1.82) is 0 Å². The maximum Gasteiger partial charge on any atom is 0.167 e. The fraction of sp³-hybridized carbons (Fsp3) is 0.455. The number of methoxy groups -OCH3 is 2. The van der Waals surface area contributed by atoms with Crippen molar-refractivity contribution in [2.75, 3.05) is 20.8 Å². The van der Waals surface area contributed by atoms with Crippen LogP contribution in [0.3, 0.4) is 0 Å². The highest BCUT2D eigenvalue weighted by Gasteiger charge is 2.17. The van der Waals surface area contributed by atoms with Crippen molar-refractivity contribution >= 4 is 15.9 Å². The number of rotatable bonds is 5. The number of benzene rings is 1. The largest absolute Gasteiger partial charge is 0.506 e. The van der Waals surface area contributed by atoms with Gasteiger partial charge in [0.1, 0.15) is 5.75 Å². The average molecular weight is 291 g/mol. The van der Waals surface area contributed by atoms with E-state index in [2.05, 4.69) is 15.9 Å². The molecular weight excluding hydrogens is 276 g/mol. The number of aliphatic hydroxyl groups excluding tert-OH is 1. The molecule has 0 fully saturated rings. The maximum atomic E-state index is 9.89. The molecule has 0 radical (unpaired) electrons. The number of halogens is 1. The third-order valence-electron chi connectivity index (χ3n) is 2.28. The van der Waals surface area contributed by atoms with Crippen LogP contribution in [0.4, 0.5) is 0 Å². The van der Waals surface area contributed by atoms with Gasteiger partial charge in [0.05, 0.1) is 18.7 Å². The van der Waals surface area contributed by atoms with Crippen molar-refractivity contribution in [1.82, 2.24) is 0 Å². The van der Waals surface area contributed by atoms with Crippen LogP contribution < -0.4 is 9.47 Å². The van der Waals surface area contributed by atoms with Crippen molar-refractivity contribution in [3.8, 4) is 17.2 Å². The topological polar surface area (TPSA) is 58.9 Å². The minimum atomic E-state index is 0.0669. The molecule has 0 aliphatic carbocycles. The van der Waals surface area contributed by atoms with Crippen LogP contribution in [-0.4, -0.2) is 31.0 Å². The van der Waals surface area contributed by atoms with Gasteiger partial charge in [0.15, 0.2) is 11.5 Å². The molecule has 1 rings (SSSR count). The zero-order valence-corrected chi connectivity index (χ0v) is 10.9. The molecule has 90 valence electrons. The van der Waals surface area contributed by atoms with E-state index >= 15 is 0 Å². The van der Waals surface area contributed by atoms with E-state index in [1.165, 1.54) is 14.2 Å². The normalized spacial score (nSPS) is 10.2. The predicted molar refractivity (Wildman–Crippen MR) is 64.3 cm³/mol. The molecule has 16 heavy (non-hydrogen) atoms. The third-order valence-corrected chi connectivity index (χ3v) is 2.88. The fourth-order valence-corrected chi connectivity index (χ4v) is 1.96. The summed E-state index contributed by atoms with van der Waals surface area (Å²) in [6, 6.07) is 1.65. The molecule has 0 bridgehead atoms. The van der Waals surface area contributed by atoms with E-state index in [0.717, 1.165) is 0 Å². The van der Waals surface area contributed by atoms with E-state index in [4.69, 9.17) is 14.6 Å². The summed E-state index contributed by atoms with van der Waals surface area (Å²) in [5, 5.41) is 18.7. The average Bonchev–Trinajstić information content (AvgIpc) is 2.30. The van der Waals surface area contributed by atoms with Gasteiger partial charge < -0.3 is 19.7 Å². The quantitative estimate of drug-likeness (QED) is 0.872. The molecule has 0 aromatic heterocycles. The van der Waals surface area contributed by atoms with Gasteiger partial charge in [0.2, 0.25) is 0 Å². The molecule has 4 nitrogen and oxygen atoms in total. The molecule has 0 aliphatic rings. The second kappa shape index (κ2) is 5.96. The van der Waals surface area contributed by atoms with Crippen LogP contribution in [0.15, 0.2) is 10.5 Å². The van der Waals surface area contributed by atoms with Crippen LogP contribution in [-0.2, 0) is 6.42 Å². The zero-order chi connectivity index (χ0) is 12.1. The van der Waals surface area contributed by atoms with E-state index in [0.29, 0.717) is 34.4 Å². The lowest BCUT2D eigenvalue weighted by molar-refractivity contribution is 0.286. The third kappa shape index (κ3) is 2.59. The Labute approximate surface area is 103 Å². The van der Waals surface area contributed by atoms with Crippen LogP contribution in [0.2, 0.25) is 0 Å². The van der Waals surface area contributed by atoms with Crippen LogP contribution in [0.25, 0.3) is 0 Å². The molecule has 1 aromatic rings. The second-order valence-corrected chi connectivity index (χ2v) is 4.10. The summed E-state index contributed by atoms with van der Waals surface area (Å²) in [7, 11) is 3.06. The molecular formula is C11H15BrO4. The molecule has 1 aromatic carbocycles. The molecule has 0 saturated carbocycles. The van der Waals surface area contributed by atoms with E-state index < -0.39 is 0 Å². The summed E-state index contributed by atoms with van der Waals surface area (Å²) < 4.78 is 10.9. The first-order valence-electron chi connectivity index (χ1n) is 4.88. The minimum absolute atomic E-state index is 0.0669. The number of phenolic OH excluding ortho intramolecular Hbond substituents is 1. The number of aliphatic hydroxyl groups is 1. The molecule has 0 atom stereocenters. The van der Waals surface area contributed by atoms with Gasteiger partial charge in [-0.3, -0.25) is 0 Å². The lowest BCUT2D eigenvalue weighted by Crippen LogP contribution is -1.99. The highest BCUT2D eigenvalue weighted by molar-refractivity contribution is 9.10. The minimum Gasteiger partial charge on any atom is -0.506 e. The van der Waals surface area contributed by atoms with Crippen molar-refractivity contribution in [2.45, 2.75) is 12.8 Å². The van der Waals surface area contributed by atoms with E-state index in [1.54, 1.807) is 6.07 Å². The van der Waals surface area contributed by atoms with Gasteiger partial charge in [-0.2, -0.15) is 0 Å². The summed E-state index contributed by atoms with van der Waals surface area (Å²) >= 11 is 3.24. The monoisotopic (exact) mass is 290 g/mol. The SMILES string of the molecule is COc1cc(Br)c(O)c(CCCO)c1OC. The highest BCUT2D eigenvalue weighted by atomic mass is 79.9. The summed E-state index contributed by atoms with van der Waals surface area (Å²) in [6.45, 7) is 0.0669. The molecule has 5 heteroatoms. The Morgan fingerprint density at radius 2 is 2.00 bits per heavy atom. The van der Waals surface area contributed by atoms with Crippen molar-refractivity contribution in [3.63, 3.8) is 0 Å². The first-order valence-corrected chi connectivity index (χ1v) is 5.68. The van der Waals surface area contributed by atoms with Gasteiger partial charge in [-0.25, -0.2) is 0 Å². The Morgan fingerprint density at radius 3 is 2.50 bits per heavy atom. The Kier molecular flexibility index (Phi) is 4.89. The van der Waals surface area contributed by atoms with E-state index in [9.17, 15) is 5.11 Å². The molecule has 0 unspecified atom stereocenters. The Hall–Kier alpha value is -0.940. The first-order chi connectivity index (χ1) is 7.65. The highest BCUT2D eigenvalue weighted by Crippen LogP contribution is 2.42. The number of ether oxygens (including phenoxy) is 2. The maximum absolute atomic E-state index is 9.89. The van der Waals surface area contributed by atoms with Crippen molar-refractivity contribution in [2.24, 2.45) is 0 Å². The second-order valence-electron chi connectivity index (χ2n) is 3.25. The van der Waals surface area contributed by atoms with Gasteiger partial charge >= 0.3 is 0 Å². The van der Waals surface area contributed by atoms with Gasteiger partial charge in [0.25, 0.3) is 0 Å². The number of aromatic hydroxyl groups is 1. The molecule has 0 heterocycles. The summed E-state index contributed by atoms with van der Waals surface area (Å²) in [4.78, 5) is 0. The zero-order valence-electron chi connectivity index (χ0n) is 9.29. The van der Waals surface area contributed by atoms with Crippen LogP contribution >= 0.6 is 15.9 Å². The lowest BCUT2D eigenvalue weighted by Gasteiger charge is -2.15. The number of hydrogen-bond donors (Lipinski definition) is 2. The standard InChI is InChI=1S/C11H15BrO4/c1-15-9-6-8(12)10(14)7(4-3-5-13)11(9)16-2/h6,13-14H,3-5H2,1-2H3. The molecule has 0 spiro atoms. The van der Waals surface area contributed by atoms with Crippen LogP contribution in [0, 0.1) is 0 Å². The Morgan fingerprint density at radius 1 is 1.31 bits per heavy atom. The van der Waals surface area contributed by atoms with Gasteiger partial charge in [-0.1, -0.05) is 0 Å². The Balaban J connectivity index is 3.23. The number of hydrogen-bond acceptors (Lipinski definition) is 4. The van der Waals surface area contributed by atoms with Crippen LogP contribution in [0.5, 0.6) is 17.2 Å². The first kappa shape index (κ1) is 13.1. The van der Waals surface area contributed by atoms with Gasteiger partial charge in [-0.15, -0.1) is 0 Å². The lowest BCUT2D eigenvalue weighted by atomic mass is 10.1. The molecule has 0 aliphatic heterocycles. The van der Waals surface area contributed by atoms with Crippen molar-refractivity contribution in [3.05, 3.63) is 16.1 Å². The van der Waals surface area contributed by atoms with Gasteiger partial charge in [-0.05, 0) is 28.8 Å². The molecule has 2 N–H and O–H groups in total. The van der Waals surface area contributed by atoms with Crippen LogP contribution in [0.1, 0.15) is 12.0 Å². The fourth-order valence-electron chi connectivity index (χ4n) is 1.51. The van der Waals surface area contributed by atoms with E-state index in [1.807, 2.05) is 0 Å². The summed E-state index contributed by atoms with van der Waals surface area (Å²) in [6.07, 6.45) is 1.09. The van der Waals surface area contributed by atoms with E-state index in [-0.39, 0.29) is 12.4 Å². The van der Waals surface area contributed by atoms with Crippen molar-refractivity contribution < 1.29 is 19.7 Å². The Bertz CT molecular complexity index is 365. The van der Waals surface area contributed by atoms with Gasteiger partial charge in [0, 0.05) is 18.2 Å². The smallest absolute Gasteiger partial charge is 0.167 e. The predicted octanol–water partition coefficient (Wildman–Crippen LogP) is 2.10. The number of phenols is 1. The summed E-state index contributed by atoms with van der Waals surface area (Å²) in [5.74, 6) is 1.20. The summed E-state index contributed by atoms with van der Waals surface area (Å²) in [5.41, 5.74) is 0.641.